The highest BCUT2D eigenvalue weighted by Crippen LogP contribution is 2.39. The molecule has 6 nitrogen and oxygen atoms in total. The van der Waals surface area contributed by atoms with E-state index in [1.165, 1.54) is 23.1 Å². The molecule has 1 aliphatic rings. The van der Waals surface area contributed by atoms with E-state index in [1.807, 2.05) is 25.1 Å². The van der Waals surface area contributed by atoms with Crippen LogP contribution in [0.5, 0.6) is 0 Å². The molecule has 1 N–H and O–H groups in total. The van der Waals surface area contributed by atoms with Crippen molar-refractivity contribution in [2.75, 3.05) is 16.0 Å². The first-order valence-corrected chi connectivity index (χ1v) is 10.9. The largest absolute Gasteiger partial charge is 0.322 e. The van der Waals surface area contributed by atoms with E-state index in [0.29, 0.717) is 11.4 Å². The van der Waals surface area contributed by atoms with Gasteiger partial charge in [-0.25, -0.2) is 0 Å². The smallest absolute Gasteiger partial charge is 0.250 e. The zero-order chi connectivity index (χ0) is 18.9. The van der Waals surface area contributed by atoms with Crippen LogP contribution in [0.15, 0.2) is 32.9 Å². The van der Waals surface area contributed by atoms with Crippen molar-refractivity contribution in [1.29, 1.82) is 0 Å². The molecular weight excluding hydrogens is 388 g/mol. The number of nitrogens with one attached hydrogen (secondary N) is 1. The summed E-state index contributed by atoms with van der Waals surface area (Å²) in [5, 5.41) is 10.8. The Balaban J connectivity index is 1.85. The van der Waals surface area contributed by atoms with Gasteiger partial charge in [-0.15, -0.1) is 10.2 Å². The molecule has 0 aliphatic carbocycles. The molecule has 0 saturated carbocycles. The predicted molar refractivity (Wildman–Crippen MR) is 108 cm³/mol. The summed E-state index contributed by atoms with van der Waals surface area (Å²) in [6.45, 7) is 7.42. The summed E-state index contributed by atoms with van der Waals surface area (Å²) in [6, 6.07) is 7.36. The van der Waals surface area contributed by atoms with Gasteiger partial charge >= 0.3 is 0 Å². The molecule has 1 aromatic carbocycles. The molecule has 1 atom stereocenters. The Labute approximate surface area is 165 Å². The maximum Gasteiger partial charge on any atom is 0.250 e. The average molecular weight is 409 g/mol. The molecule has 1 aromatic heterocycles. The highest BCUT2D eigenvalue weighted by Gasteiger charge is 2.44. The quantitative estimate of drug-likeness (QED) is 0.757. The van der Waals surface area contributed by atoms with Gasteiger partial charge in [0.15, 0.2) is 8.68 Å². The Morgan fingerprint density at radius 1 is 1.31 bits per heavy atom. The van der Waals surface area contributed by atoms with E-state index in [-0.39, 0.29) is 17.1 Å². The van der Waals surface area contributed by atoms with Gasteiger partial charge in [0, 0.05) is 0 Å². The van der Waals surface area contributed by atoms with E-state index in [9.17, 15) is 9.59 Å². The molecule has 0 fully saturated rings. The second-order valence-electron chi connectivity index (χ2n) is 6.23. The van der Waals surface area contributed by atoms with E-state index in [2.05, 4.69) is 22.4 Å². The van der Waals surface area contributed by atoms with Crippen LogP contribution in [0.2, 0.25) is 0 Å². The Morgan fingerprint density at radius 2 is 2.00 bits per heavy atom. The van der Waals surface area contributed by atoms with Crippen LogP contribution in [-0.2, 0) is 9.59 Å². The topological polar surface area (TPSA) is 75.2 Å². The number of carbonyl (C=O) groups excluding carboxylic acids is 2. The molecule has 2 heterocycles. The van der Waals surface area contributed by atoms with Crippen molar-refractivity contribution in [1.82, 2.24) is 10.2 Å². The van der Waals surface area contributed by atoms with Gasteiger partial charge < -0.3 is 5.32 Å². The molecule has 26 heavy (non-hydrogen) atoms. The Hall–Kier alpha value is -1.58. The maximum absolute atomic E-state index is 13.2. The number of aromatic nitrogens is 2. The van der Waals surface area contributed by atoms with E-state index in [0.717, 1.165) is 14.4 Å². The summed E-state index contributed by atoms with van der Waals surface area (Å²) in [4.78, 5) is 27.3. The summed E-state index contributed by atoms with van der Waals surface area (Å²) in [5.41, 5.74) is 0.402. The molecule has 1 aliphatic heterocycles. The first kappa shape index (κ1) is 19.2. The number of thioether (sulfide) groups is 2. The number of nitrogens with zero attached hydrogens (tertiary/aromatic N) is 3. The highest BCUT2D eigenvalue weighted by atomic mass is 32.2. The first-order valence-electron chi connectivity index (χ1n) is 8.22. The monoisotopic (exact) mass is 408 g/mol. The van der Waals surface area contributed by atoms with Crippen LogP contribution in [-0.4, -0.2) is 38.6 Å². The van der Waals surface area contributed by atoms with Crippen molar-refractivity contribution in [2.45, 2.75) is 47.2 Å². The molecule has 2 amide bonds. The van der Waals surface area contributed by atoms with Crippen molar-refractivity contribution in [2.24, 2.45) is 0 Å². The minimum absolute atomic E-state index is 0.123. The number of para-hydroxylation sites is 2. The first-order chi connectivity index (χ1) is 12.3. The van der Waals surface area contributed by atoms with Crippen LogP contribution in [0.1, 0.15) is 27.7 Å². The van der Waals surface area contributed by atoms with Gasteiger partial charge in [0.25, 0.3) is 0 Å². The summed E-state index contributed by atoms with van der Waals surface area (Å²) in [5.74, 6) is 0.614. The third-order valence-electron chi connectivity index (χ3n) is 4.01. The van der Waals surface area contributed by atoms with Crippen molar-refractivity contribution < 1.29 is 9.59 Å². The van der Waals surface area contributed by atoms with Gasteiger partial charge in [-0.05, 0) is 38.7 Å². The SMILES string of the molecule is CCSc1nnc(S[C@H](C)C(=O)N2c3ccccc3NC(=O)C2(C)C)s1. The van der Waals surface area contributed by atoms with Gasteiger partial charge in [0.05, 0.1) is 16.6 Å². The number of hydrogen-bond donors (Lipinski definition) is 1. The second-order valence-corrected chi connectivity index (χ2v) is 10.3. The fourth-order valence-electron chi connectivity index (χ4n) is 2.66. The number of carbonyl (C=O) groups is 2. The van der Waals surface area contributed by atoms with Crippen LogP contribution < -0.4 is 10.2 Å². The van der Waals surface area contributed by atoms with Crippen LogP contribution in [0.3, 0.4) is 0 Å². The van der Waals surface area contributed by atoms with Gasteiger partial charge in [-0.1, -0.05) is 53.9 Å². The third kappa shape index (κ3) is 3.60. The fourth-order valence-corrected chi connectivity index (χ4v) is 5.76. The molecule has 0 bridgehead atoms. The molecule has 0 radical (unpaired) electrons. The number of rotatable bonds is 5. The number of amides is 2. The van der Waals surface area contributed by atoms with Crippen LogP contribution >= 0.6 is 34.9 Å². The second kappa shape index (κ2) is 7.58. The van der Waals surface area contributed by atoms with Crippen molar-refractivity contribution in [3.8, 4) is 0 Å². The lowest BCUT2D eigenvalue weighted by molar-refractivity contribution is -0.126. The predicted octanol–water partition coefficient (Wildman–Crippen LogP) is 3.89. The molecule has 0 unspecified atom stereocenters. The van der Waals surface area contributed by atoms with Gasteiger partial charge in [0.1, 0.15) is 5.54 Å². The minimum atomic E-state index is -0.968. The fraction of sp³-hybridized carbons (Fsp3) is 0.412. The summed E-state index contributed by atoms with van der Waals surface area (Å²) in [7, 11) is 0. The molecule has 9 heteroatoms. The van der Waals surface area contributed by atoms with E-state index in [1.54, 1.807) is 36.6 Å². The Kier molecular flexibility index (Phi) is 5.59. The van der Waals surface area contributed by atoms with Gasteiger partial charge in [-0.3, -0.25) is 14.5 Å². The molecule has 0 spiro atoms. The molecule has 0 saturated heterocycles. The van der Waals surface area contributed by atoms with E-state index >= 15 is 0 Å². The standard InChI is InChI=1S/C17H20N4O2S3/c1-5-24-15-19-20-16(26-15)25-10(2)13(22)21-12-9-7-6-8-11(12)18-14(23)17(21,3)4/h6-10H,5H2,1-4H3,(H,18,23)/t10-/m1/s1. The van der Waals surface area contributed by atoms with Crippen molar-refractivity contribution in [3.05, 3.63) is 24.3 Å². The lowest BCUT2D eigenvalue weighted by Crippen LogP contribution is -2.60. The lowest BCUT2D eigenvalue weighted by atomic mass is 9.96. The maximum atomic E-state index is 13.2. The zero-order valence-electron chi connectivity index (χ0n) is 15.0. The lowest BCUT2D eigenvalue weighted by Gasteiger charge is -2.42. The van der Waals surface area contributed by atoms with Crippen molar-refractivity contribution >= 4 is 58.0 Å². The minimum Gasteiger partial charge on any atom is -0.322 e. The van der Waals surface area contributed by atoms with Gasteiger partial charge in [0.2, 0.25) is 11.8 Å². The van der Waals surface area contributed by atoms with Crippen molar-refractivity contribution in [3.63, 3.8) is 0 Å². The molecular formula is C17H20N4O2S3. The van der Waals surface area contributed by atoms with E-state index in [4.69, 9.17) is 0 Å². The summed E-state index contributed by atoms with van der Waals surface area (Å²) in [6.07, 6.45) is 0. The number of anilines is 2. The number of benzene rings is 1. The Bertz CT molecular complexity index is 837. The number of fused-ring (bicyclic) bond motifs is 1. The van der Waals surface area contributed by atoms with Gasteiger partial charge in [-0.2, -0.15) is 0 Å². The summed E-state index contributed by atoms with van der Waals surface area (Å²) < 4.78 is 1.66. The normalized spacial score (nSPS) is 16.8. The number of hydrogen-bond acceptors (Lipinski definition) is 7. The third-order valence-corrected chi connectivity index (χ3v) is 7.12. The zero-order valence-corrected chi connectivity index (χ0v) is 17.4. The van der Waals surface area contributed by atoms with Crippen LogP contribution in [0.4, 0.5) is 11.4 Å². The molecule has 138 valence electrons. The van der Waals surface area contributed by atoms with Crippen LogP contribution in [0.25, 0.3) is 0 Å². The molecule has 3 rings (SSSR count). The average Bonchev–Trinajstić information content (AvgIpc) is 3.02. The highest BCUT2D eigenvalue weighted by molar-refractivity contribution is 8.03. The Morgan fingerprint density at radius 3 is 2.73 bits per heavy atom. The molecule has 2 aromatic rings. The van der Waals surface area contributed by atoms with Crippen LogP contribution in [0, 0.1) is 0 Å². The van der Waals surface area contributed by atoms with E-state index < -0.39 is 5.54 Å². The summed E-state index contributed by atoms with van der Waals surface area (Å²) >= 11 is 4.50.